The molecule has 4 rings (SSSR count). The highest BCUT2D eigenvalue weighted by atomic mass is 32.1. The number of H-pyrrole nitrogens is 1. The van der Waals surface area contributed by atoms with Gasteiger partial charge in [0.05, 0.1) is 10.7 Å². The standard InChI is InChI=1S/C20H18F3N3O2S/c21-20(22,23)16-11-15-17(18(28)24-16)25-19(29-15)26-10-4-7-13(26)14(27)9-8-12-5-2-1-3-6-12/h1-3,5-6,11,13H,4,7-10H2,(H,24,28)/t13-/m1/s1. The summed E-state index contributed by atoms with van der Waals surface area (Å²) in [5.41, 5.74) is -0.914. The number of carbonyl (C=O) groups excluding carboxylic acids is 1. The van der Waals surface area contributed by atoms with E-state index < -0.39 is 17.4 Å². The summed E-state index contributed by atoms with van der Waals surface area (Å²) in [6, 6.07) is 10.3. The van der Waals surface area contributed by atoms with Gasteiger partial charge in [-0.1, -0.05) is 41.7 Å². The minimum Gasteiger partial charge on any atom is -0.338 e. The number of carbonyl (C=O) groups is 1. The number of hydrogen-bond donors (Lipinski definition) is 1. The lowest BCUT2D eigenvalue weighted by atomic mass is 10.0. The number of anilines is 1. The molecule has 0 bridgehead atoms. The van der Waals surface area contributed by atoms with E-state index in [1.54, 1.807) is 0 Å². The van der Waals surface area contributed by atoms with Crippen molar-refractivity contribution in [2.24, 2.45) is 0 Å². The summed E-state index contributed by atoms with van der Waals surface area (Å²) in [5, 5.41) is 0.417. The van der Waals surface area contributed by atoms with Gasteiger partial charge in [0.25, 0.3) is 5.56 Å². The fourth-order valence-electron chi connectivity index (χ4n) is 3.61. The van der Waals surface area contributed by atoms with Crippen molar-refractivity contribution in [1.29, 1.82) is 0 Å². The van der Waals surface area contributed by atoms with E-state index in [9.17, 15) is 22.8 Å². The van der Waals surface area contributed by atoms with Crippen LogP contribution in [0.4, 0.5) is 18.3 Å². The molecule has 0 unspecified atom stereocenters. The lowest BCUT2D eigenvalue weighted by molar-refractivity contribution is -0.141. The number of fused-ring (bicyclic) bond motifs is 1. The molecule has 0 radical (unpaired) electrons. The molecule has 29 heavy (non-hydrogen) atoms. The topological polar surface area (TPSA) is 66.1 Å². The molecule has 2 aromatic heterocycles. The number of Topliss-reactive ketones (excluding diaryl/α,β-unsaturated/α-hetero) is 1. The normalized spacial score (nSPS) is 17.2. The van der Waals surface area contributed by atoms with Crippen molar-refractivity contribution in [2.75, 3.05) is 11.4 Å². The van der Waals surface area contributed by atoms with Crippen molar-refractivity contribution in [3.8, 4) is 0 Å². The maximum absolute atomic E-state index is 13.0. The van der Waals surface area contributed by atoms with E-state index in [1.807, 2.05) is 40.2 Å². The van der Waals surface area contributed by atoms with E-state index in [0.717, 1.165) is 29.4 Å². The summed E-state index contributed by atoms with van der Waals surface area (Å²) in [7, 11) is 0. The summed E-state index contributed by atoms with van der Waals surface area (Å²) >= 11 is 1.02. The average molecular weight is 421 g/mol. The fraction of sp³-hybridized carbons (Fsp3) is 0.350. The Hall–Kier alpha value is -2.68. The highest BCUT2D eigenvalue weighted by molar-refractivity contribution is 7.22. The molecule has 0 amide bonds. The summed E-state index contributed by atoms with van der Waals surface area (Å²) < 4.78 is 39.0. The number of thiazole rings is 1. The second kappa shape index (κ2) is 7.62. The number of ketones is 1. The molecule has 1 saturated heterocycles. The van der Waals surface area contributed by atoms with E-state index in [2.05, 4.69) is 4.98 Å². The van der Waals surface area contributed by atoms with Crippen molar-refractivity contribution in [3.63, 3.8) is 0 Å². The molecule has 1 aliphatic rings. The number of aromatic amines is 1. The molecule has 1 aromatic carbocycles. The number of halogens is 3. The van der Waals surface area contributed by atoms with E-state index >= 15 is 0 Å². The van der Waals surface area contributed by atoms with Crippen molar-refractivity contribution < 1.29 is 18.0 Å². The van der Waals surface area contributed by atoms with E-state index in [4.69, 9.17) is 0 Å². The molecule has 0 aliphatic carbocycles. The maximum Gasteiger partial charge on any atom is 0.431 e. The molecule has 1 atom stereocenters. The van der Waals surface area contributed by atoms with Gasteiger partial charge >= 0.3 is 6.18 Å². The van der Waals surface area contributed by atoms with Crippen LogP contribution < -0.4 is 10.5 Å². The largest absolute Gasteiger partial charge is 0.431 e. The van der Waals surface area contributed by atoms with Crippen LogP contribution in [0.5, 0.6) is 0 Å². The Morgan fingerprint density at radius 3 is 2.76 bits per heavy atom. The highest BCUT2D eigenvalue weighted by Crippen LogP contribution is 2.35. The van der Waals surface area contributed by atoms with Crippen LogP contribution in [0.15, 0.2) is 41.2 Å². The Morgan fingerprint density at radius 1 is 1.28 bits per heavy atom. The van der Waals surface area contributed by atoms with Gasteiger partial charge in [-0.3, -0.25) is 9.59 Å². The molecule has 152 valence electrons. The predicted octanol–water partition coefficient (Wildman–Crippen LogP) is 4.17. The van der Waals surface area contributed by atoms with Gasteiger partial charge in [-0.25, -0.2) is 4.98 Å². The molecule has 3 heterocycles. The summed E-state index contributed by atoms with van der Waals surface area (Å²) in [5.74, 6) is 0.0792. The fourth-order valence-corrected chi connectivity index (χ4v) is 4.70. The van der Waals surface area contributed by atoms with E-state index in [-0.39, 0.29) is 22.0 Å². The maximum atomic E-state index is 13.0. The number of alkyl halides is 3. The molecule has 1 aliphatic heterocycles. The zero-order valence-electron chi connectivity index (χ0n) is 15.3. The van der Waals surface area contributed by atoms with Gasteiger partial charge in [-0.15, -0.1) is 0 Å². The third kappa shape index (κ3) is 4.05. The van der Waals surface area contributed by atoms with E-state index in [1.165, 1.54) is 0 Å². The van der Waals surface area contributed by atoms with Crippen LogP contribution in [-0.4, -0.2) is 28.3 Å². The molecule has 9 heteroatoms. The third-order valence-electron chi connectivity index (χ3n) is 5.06. The molecule has 0 saturated carbocycles. The molecule has 1 N–H and O–H groups in total. The molecule has 0 spiro atoms. The van der Waals surface area contributed by atoms with Gasteiger partial charge in [0.15, 0.2) is 10.9 Å². The number of aromatic nitrogens is 2. The highest BCUT2D eigenvalue weighted by Gasteiger charge is 2.35. The first-order chi connectivity index (χ1) is 13.8. The number of hydrogen-bond acceptors (Lipinski definition) is 5. The Morgan fingerprint density at radius 2 is 2.03 bits per heavy atom. The van der Waals surface area contributed by atoms with E-state index in [0.29, 0.717) is 30.9 Å². The lowest BCUT2D eigenvalue weighted by Crippen LogP contribution is -2.36. The number of aryl methyl sites for hydroxylation is 1. The minimum atomic E-state index is -4.64. The second-order valence-electron chi connectivity index (χ2n) is 7.02. The molecule has 3 aromatic rings. The Balaban J connectivity index is 1.56. The first-order valence-corrected chi connectivity index (χ1v) is 10.1. The van der Waals surface area contributed by atoms with Gasteiger partial charge in [0.1, 0.15) is 11.2 Å². The lowest BCUT2D eigenvalue weighted by Gasteiger charge is -2.22. The first-order valence-electron chi connectivity index (χ1n) is 9.27. The van der Waals surface area contributed by atoms with Crippen molar-refractivity contribution in [2.45, 2.75) is 37.9 Å². The number of nitrogens with one attached hydrogen (secondary N) is 1. The zero-order valence-corrected chi connectivity index (χ0v) is 16.1. The molecular formula is C20H18F3N3O2S. The number of benzene rings is 1. The van der Waals surface area contributed by atoms with Gasteiger partial charge < -0.3 is 9.88 Å². The van der Waals surface area contributed by atoms with Gasteiger partial charge in [0.2, 0.25) is 0 Å². The Labute approximate surface area is 168 Å². The number of nitrogens with zero attached hydrogens (tertiary/aromatic N) is 2. The van der Waals surface area contributed by atoms with Crippen LogP contribution in [0.2, 0.25) is 0 Å². The molecular weight excluding hydrogens is 403 g/mol. The van der Waals surface area contributed by atoms with Gasteiger partial charge in [-0.2, -0.15) is 13.2 Å². The molecule has 5 nitrogen and oxygen atoms in total. The Bertz CT molecular complexity index is 1090. The second-order valence-corrected chi connectivity index (χ2v) is 8.03. The Kier molecular flexibility index (Phi) is 5.16. The predicted molar refractivity (Wildman–Crippen MR) is 105 cm³/mol. The van der Waals surface area contributed by atoms with Crippen molar-refractivity contribution >= 4 is 32.5 Å². The smallest absolute Gasteiger partial charge is 0.338 e. The number of rotatable bonds is 5. The minimum absolute atomic E-state index is 0.0274. The third-order valence-corrected chi connectivity index (χ3v) is 6.10. The zero-order chi connectivity index (χ0) is 20.6. The average Bonchev–Trinajstić information content (AvgIpc) is 3.33. The van der Waals surface area contributed by atoms with Crippen LogP contribution in [-0.2, 0) is 17.4 Å². The first kappa shape index (κ1) is 19.6. The summed E-state index contributed by atoms with van der Waals surface area (Å²) in [6.07, 6.45) is -2.15. The van der Waals surface area contributed by atoms with Crippen molar-refractivity contribution in [1.82, 2.24) is 9.97 Å². The molecule has 1 fully saturated rings. The monoisotopic (exact) mass is 421 g/mol. The van der Waals surface area contributed by atoms with Crippen LogP contribution in [0, 0.1) is 0 Å². The van der Waals surface area contributed by atoms with Crippen LogP contribution >= 0.6 is 11.3 Å². The van der Waals surface area contributed by atoms with Crippen LogP contribution in [0.1, 0.15) is 30.5 Å². The summed E-state index contributed by atoms with van der Waals surface area (Å²) in [4.78, 5) is 32.8. The van der Waals surface area contributed by atoms with Gasteiger partial charge in [-0.05, 0) is 30.9 Å². The SMILES string of the molecule is O=C(CCc1ccccc1)[C@H]1CCCN1c1nc2c(=O)[nH]c(C(F)(F)F)cc2s1. The quantitative estimate of drug-likeness (QED) is 0.672. The van der Waals surface area contributed by atoms with Gasteiger partial charge in [0, 0.05) is 13.0 Å². The van der Waals surface area contributed by atoms with Crippen LogP contribution in [0.3, 0.4) is 0 Å². The van der Waals surface area contributed by atoms with Crippen LogP contribution in [0.25, 0.3) is 10.2 Å². The van der Waals surface area contributed by atoms with Crippen molar-refractivity contribution in [3.05, 3.63) is 58.0 Å². The number of pyridine rings is 1. The summed E-state index contributed by atoms with van der Waals surface area (Å²) in [6.45, 7) is 0.589.